The molecule has 0 bridgehead atoms. The van der Waals surface area contributed by atoms with E-state index in [0.717, 1.165) is 0 Å². The number of amides is 2. The molecule has 2 N–H and O–H groups in total. The van der Waals surface area contributed by atoms with E-state index >= 15 is 0 Å². The summed E-state index contributed by atoms with van der Waals surface area (Å²) in [7, 11) is 0. The molecule has 10 nitrogen and oxygen atoms in total. The molecule has 1 aromatic carbocycles. The fourth-order valence-corrected chi connectivity index (χ4v) is 3.73. The highest BCUT2D eigenvalue weighted by Gasteiger charge is 2.35. The van der Waals surface area contributed by atoms with E-state index in [2.05, 4.69) is 0 Å². The number of hydrogen-bond acceptors (Lipinski definition) is 6. The first-order valence-electron chi connectivity index (χ1n) is 9.77. The van der Waals surface area contributed by atoms with Crippen LogP contribution in [0.2, 0.25) is 0 Å². The third-order valence-corrected chi connectivity index (χ3v) is 5.26. The fraction of sp³-hybridized carbons (Fsp3) is 0.500. The number of likely N-dealkylation sites (tertiary alicyclic amines) is 2. The second-order valence-electron chi connectivity index (χ2n) is 7.22. The van der Waals surface area contributed by atoms with E-state index in [0.29, 0.717) is 50.3 Å². The second kappa shape index (κ2) is 9.47. The summed E-state index contributed by atoms with van der Waals surface area (Å²) in [5.74, 6) is -1.99. The summed E-state index contributed by atoms with van der Waals surface area (Å²) in [5, 5.41) is 18.3. The average molecular weight is 420 g/mol. The van der Waals surface area contributed by atoms with Crippen LogP contribution in [0.4, 0.5) is 0 Å². The van der Waals surface area contributed by atoms with Crippen molar-refractivity contribution in [2.24, 2.45) is 0 Å². The van der Waals surface area contributed by atoms with Gasteiger partial charge in [0.25, 0.3) is 11.8 Å². The van der Waals surface area contributed by atoms with E-state index in [1.54, 1.807) is 24.3 Å². The van der Waals surface area contributed by atoms with Gasteiger partial charge < -0.3 is 29.5 Å². The Morgan fingerprint density at radius 2 is 1.13 bits per heavy atom. The van der Waals surface area contributed by atoms with Gasteiger partial charge in [0, 0.05) is 13.1 Å². The topological polar surface area (TPSA) is 134 Å². The first-order chi connectivity index (χ1) is 14.4. The van der Waals surface area contributed by atoms with Gasteiger partial charge in [0.1, 0.15) is 23.6 Å². The van der Waals surface area contributed by atoms with Crippen molar-refractivity contribution in [3.63, 3.8) is 0 Å². The third-order valence-electron chi connectivity index (χ3n) is 5.26. The van der Waals surface area contributed by atoms with Crippen LogP contribution in [0.1, 0.15) is 25.7 Å². The summed E-state index contributed by atoms with van der Waals surface area (Å²) in [5.41, 5.74) is 0. The Morgan fingerprint density at radius 1 is 0.767 bits per heavy atom. The molecule has 0 aromatic heterocycles. The minimum absolute atomic E-state index is 0.270. The fourth-order valence-electron chi connectivity index (χ4n) is 3.73. The molecule has 2 heterocycles. The van der Waals surface area contributed by atoms with Gasteiger partial charge in [0.05, 0.1) is 0 Å². The summed E-state index contributed by atoms with van der Waals surface area (Å²) >= 11 is 0. The number of carbonyl (C=O) groups is 4. The van der Waals surface area contributed by atoms with Crippen molar-refractivity contribution in [3.8, 4) is 11.5 Å². The van der Waals surface area contributed by atoms with Gasteiger partial charge in [-0.1, -0.05) is 0 Å². The lowest BCUT2D eigenvalue weighted by Crippen LogP contribution is -2.42. The molecule has 2 fully saturated rings. The Morgan fingerprint density at radius 3 is 1.47 bits per heavy atom. The maximum Gasteiger partial charge on any atom is 0.326 e. The maximum atomic E-state index is 12.2. The summed E-state index contributed by atoms with van der Waals surface area (Å²) in [4.78, 5) is 49.4. The average Bonchev–Trinajstić information content (AvgIpc) is 3.40. The number of carbonyl (C=O) groups excluding carboxylic acids is 2. The highest BCUT2D eigenvalue weighted by molar-refractivity contribution is 5.85. The Kier molecular flexibility index (Phi) is 6.76. The highest BCUT2D eigenvalue weighted by atomic mass is 16.5. The Labute approximate surface area is 173 Å². The Hall–Kier alpha value is -3.30. The molecule has 30 heavy (non-hydrogen) atoms. The predicted octanol–water partition coefficient (Wildman–Crippen LogP) is 0.595. The molecule has 2 amide bonds. The van der Waals surface area contributed by atoms with E-state index in [1.165, 1.54) is 9.80 Å². The van der Waals surface area contributed by atoms with E-state index in [9.17, 15) is 19.2 Å². The number of hydrogen-bond donors (Lipinski definition) is 2. The minimum Gasteiger partial charge on any atom is -0.484 e. The van der Waals surface area contributed by atoms with Gasteiger partial charge in [-0.25, -0.2) is 9.59 Å². The van der Waals surface area contributed by atoms with E-state index in [1.807, 2.05) is 0 Å². The number of benzene rings is 1. The van der Waals surface area contributed by atoms with Crippen molar-refractivity contribution >= 4 is 23.8 Å². The van der Waals surface area contributed by atoms with Gasteiger partial charge in [-0.2, -0.15) is 0 Å². The van der Waals surface area contributed by atoms with Crippen molar-refractivity contribution in [3.05, 3.63) is 24.3 Å². The minimum atomic E-state index is -1.01. The van der Waals surface area contributed by atoms with Crippen molar-refractivity contribution in [1.82, 2.24) is 9.80 Å². The number of carboxylic acids is 2. The highest BCUT2D eigenvalue weighted by Crippen LogP contribution is 2.21. The quantitative estimate of drug-likeness (QED) is 0.624. The monoisotopic (exact) mass is 420 g/mol. The maximum absolute atomic E-state index is 12.2. The summed E-state index contributed by atoms with van der Waals surface area (Å²) in [6.07, 6.45) is 2.18. The molecule has 2 aliphatic heterocycles. The van der Waals surface area contributed by atoms with E-state index < -0.39 is 24.0 Å². The number of carboxylic acid groups (broad SMARTS) is 2. The zero-order valence-electron chi connectivity index (χ0n) is 16.4. The first-order valence-corrected chi connectivity index (χ1v) is 9.77. The van der Waals surface area contributed by atoms with Gasteiger partial charge in [0.15, 0.2) is 13.2 Å². The zero-order valence-corrected chi connectivity index (χ0v) is 16.4. The molecule has 0 saturated carbocycles. The molecular weight excluding hydrogens is 396 g/mol. The van der Waals surface area contributed by atoms with E-state index in [-0.39, 0.29) is 25.0 Å². The summed E-state index contributed by atoms with van der Waals surface area (Å²) in [6, 6.07) is 4.68. The van der Waals surface area contributed by atoms with E-state index in [4.69, 9.17) is 19.7 Å². The number of aliphatic carboxylic acids is 2. The van der Waals surface area contributed by atoms with Crippen LogP contribution in [0.3, 0.4) is 0 Å². The molecule has 0 spiro atoms. The van der Waals surface area contributed by atoms with Gasteiger partial charge in [-0.15, -0.1) is 0 Å². The van der Waals surface area contributed by atoms with Crippen molar-refractivity contribution in [2.75, 3.05) is 26.3 Å². The number of ether oxygens (including phenoxy) is 2. The van der Waals surface area contributed by atoms with Crippen LogP contribution >= 0.6 is 0 Å². The van der Waals surface area contributed by atoms with Crippen LogP contribution in [0, 0.1) is 0 Å². The molecular formula is C20H24N2O8. The van der Waals surface area contributed by atoms with Crippen LogP contribution in [0.15, 0.2) is 24.3 Å². The van der Waals surface area contributed by atoms with Gasteiger partial charge >= 0.3 is 11.9 Å². The summed E-state index contributed by atoms with van der Waals surface area (Å²) < 4.78 is 10.9. The van der Waals surface area contributed by atoms with Gasteiger partial charge in [-0.3, -0.25) is 9.59 Å². The van der Waals surface area contributed by atoms with Crippen molar-refractivity contribution < 1.29 is 38.9 Å². The predicted molar refractivity (Wildman–Crippen MR) is 102 cm³/mol. The smallest absolute Gasteiger partial charge is 0.326 e. The molecule has 2 atom stereocenters. The lowest BCUT2D eigenvalue weighted by atomic mass is 10.2. The molecule has 10 heteroatoms. The lowest BCUT2D eigenvalue weighted by molar-refractivity contribution is -0.149. The SMILES string of the molecule is O=C(O)C1CCCN1C(=O)COc1ccc(OCC(=O)N2CCCC2C(=O)O)cc1. The molecule has 3 rings (SSSR count). The Balaban J connectivity index is 1.46. The molecule has 2 unspecified atom stereocenters. The first kappa shape index (κ1) is 21.4. The summed E-state index contributed by atoms with van der Waals surface area (Å²) in [6.45, 7) is 0.265. The normalized spacial score (nSPS) is 20.8. The lowest BCUT2D eigenvalue weighted by Gasteiger charge is -2.21. The molecule has 0 radical (unpaired) electrons. The van der Waals surface area contributed by atoms with Crippen molar-refractivity contribution in [1.29, 1.82) is 0 Å². The second-order valence-corrected chi connectivity index (χ2v) is 7.22. The molecule has 2 aliphatic rings. The van der Waals surface area contributed by atoms with Crippen LogP contribution in [-0.2, 0) is 19.2 Å². The Bertz CT molecular complexity index is 743. The number of rotatable bonds is 8. The molecule has 162 valence electrons. The zero-order chi connectivity index (χ0) is 21.7. The van der Waals surface area contributed by atoms with Crippen LogP contribution in [0.5, 0.6) is 11.5 Å². The molecule has 1 aromatic rings. The standard InChI is InChI=1S/C20H24N2O8/c23-17(21-9-1-3-15(21)19(25)26)11-29-13-5-7-14(8-6-13)30-12-18(24)22-10-2-4-16(22)20(27)28/h5-8,15-16H,1-4,9-12H2,(H,25,26)(H,27,28). The molecule has 2 saturated heterocycles. The van der Waals surface area contributed by atoms with Crippen LogP contribution in [-0.4, -0.2) is 82.2 Å². The number of nitrogens with zero attached hydrogens (tertiary/aromatic N) is 2. The van der Waals surface area contributed by atoms with Gasteiger partial charge in [0.2, 0.25) is 0 Å². The molecule has 0 aliphatic carbocycles. The van der Waals surface area contributed by atoms with Crippen LogP contribution < -0.4 is 9.47 Å². The van der Waals surface area contributed by atoms with Crippen LogP contribution in [0.25, 0.3) is 0 Å². The largest absolute Gasteiger partial charge is 0.484 e. The van der Waals surface area contributed by atoms with Gasteiger partial charge in [-0.05, 0) is 49.9 Å². The third kappa shape index (κ3) is 5.00. The van der Waals surface area contributed by atoms with Crippen molar-refractivity contribution in [2.45, 2.75) is 37.8 Å².